The number of nitrogens with one attached hydrogen (secondary N) is 1. The third kappa shape index (κ3) is 6.12. The van der Waals surface area contributed by atoms with Crippen LogP contribution in [0.25, 0.3) is 6.08 Å². The molecule has 0 radical (unpaired) electrons. The zero-order valence-electron chi connectivity index (χ0n) is 12.8. The summed E-state index contributed by atoms with van der Waals surface area (Å²) in [6.07, 6.45) is 3.01. The second-order valence-corrected chi connectivity index (χ2v) is 5.62. The van der Waals surface area contributed by atoms with Crippen molar-refractivity contribution in [2.24, 2.45) is 0 Å². The van der Waals surface area contributed by atoms with Gasteiger partial charge in [-0.2, -0.15) is 0 Å². The summed E-state index contributed by atoms with van der Waals surface area (Å²) in [6.45, 7) is 7.09. The van der Waals surface area contributed by atoms with Crippen LogP contribution in [0.2, 0.25) is 0 Å². The van der Waals surface area contributed by atoms with Crippen LogP contribution < -0.4 is 5.32 Å². The van der Waals surface area contributed by atoms with Crippen molar-refractivity contribution >= 4 is 18.0 Å². The number of alkyl carbamates (subject to hydrolysis) is 1. The van der Waals surface area contributed by atoms with Crippen LogP contribution in [0, 0.1) is 0 Å². The number of carbonyl (C=O) groups is 2. The highest BCUT2D eigenvalue weighted by Gasteiger charge is 2.15. The lowest BCUT2D eigenvalue weighted by atomic mass is 10.1. The van der Waals surface area contributed by atoms with Crippen LogP contribution in [0.1, 0.15) is 43.6 Å². The molecule has 0 unspecified atom stereocenters. The molecule has 0 aliphatic carbocycles. The highest BCUT2D eigenvalue weighted by molar-refractivity contribution is 5.97. The van der Waals surface area contributed by atoms with Gasteiger partial charge in [0.05, 0.1) is 5.56 Å². The topological polar surface area (TPSA) is 75.6 Å². The van der Waals surface area contributed by atoms with Gasteiger partial charge in [0.1, 0.15) is 11.4 Å². The fraction of sp³-hybridized carbons (Fsp3) is 0.375. The number of benzene rings is 1. The van der Waals surface area contributed by atoms with Crippen molar-refractivity contribution in [3.8, 4) is 5.75 Å². The Bertz CT molecular complexity index is 556. The molecular weight excluding hydrogens is 270 g/mol. The minimum atomic E-state index is -0.527. The van der Waals surface area contributed by atoms with Crippen molar-refractivity contribution in [1.29, 1.82) is 0 Å². The van der Waals surface area contributed by atoms with Gasteiger partial charge in [-0.3, -0.25) is 4.79 Å². The highest BCUT2D eigenvalue weighted by atomic mass is 16.6. The molecular formula is C16H21NO4. The average Bonchev–Trinajstić information content (AvgIpc) is 2.34. The summed E-state index contributed by atoms with van der Waals surface area (Å²) in [5.74, 6) is -0.235. The lowest BCUT2D eigenvalue weighted by Crippen LogP contribution is -2.32. The molecule has 0 spiro atoms. The Morgan fingerprint density at radius 2 is 2.00 bits per heavy atom. The van der Waals surface area contributed by atoms with E-state index in [1.807, 2.05) is 0 Å². The molecule has 0 fully saturated rings. The number of carbonyl (C=O) groups excluding carboxylic acids is 2. The van der Waals surface area contributed by atoms with E-state index in [1.165, 1.54) is 13.0 Å². The number of ether oxygens (including phenoxy) is 1. The third-order valence-corrected chi connectivity index (χ3v) is 2.47. The molecule has 0 atom stereocenters. The number of amides is 1. The fourth-order valence-electron chi connectivity index (χ4n) is 1.59. The lowest BCUT2D eigenvalue weighted by Gasteiger charge is -2.19. The van der Waals surface area contributed by atoms with Crippen molar-refractivity contribution in [2.45, 2.75) is 33.3 Å². The number of ketones is 1. The summed E-state index contributed by atoms with van der Waals surface area (Å²) in [5.41, 5.74) is 0.516. The zero-order chi connectivity index (χ0) is 16.0. The second-order valence-electron chi connectivity index (χ2n) is 5.62. The van der Waals surface area contributed by atoms with Crippen LogP contribution in [-0.4, -0.2) is 29.1 Å². The van der Waals surface area contributed by atoms with Crippen LogP contribution in [0.4, 0.5) is 4.79 Å². The Balaban J connectivity index is 2.56. The maximum atomic E-state index is 11.4. The molecule has 1 aromatic rings. The van der Waals surface area contributed by atoms with E-state index in [0.717, 1.165) is 5.56 Å². The van der Waals surface area contributed by atoms with Crippen molar-refractivity contribution in [3.63, 3.8) is 0 Å². The normalized spacial score (nSPS) is 11.4. The number of phenols is 1. The summed E-state index contributed by atoms with van der Waals surface area (Å²) >= 11 is 0. The van der Waals surface area contributed by atoms with Crippen molar-refractivity contribution in [1.82, 2.24) is 5.32 Å². The molecule has 114 valence electrons. The predicted octanol–water partition coefficient (Wildman–Crippen LogP) is 3.13. The molecule has 0 saturated heterocycles. The first-order valence-corrected chi connectivity index (χ1v) is 6.66. The Morgan fingerprint density at radius 3 is 2.57 bits per heavy atom. The Labute approximate surface area is 124 Å². The third-order valence-electron chi connectivity index (χ3n) is 2.47. The standard InChI is InChI=1S/C16H21NO4/c1-11(18)13-10-12(7-8-14(13)19)6-5-9-17-15(20)21-16(2,3)4/h5-8,10,19H,9H2,1-4H3,(H,17,20). The summed E-state index contributed by atoms with van der Waals surface area (Å²) in [6, 6.07) is 4.76. The second kappa shape index (κ2) is 6.92. The van der Waals surface area contributed by atoms with Crippen LogP contribution in [0.15, 0.2) is 24.3 Å². The summed E-state index contributed by atoms with van der Waals surface area (Å²) in [4.78, 5) is 22.7. The van der Waals surface area contributed by atoms with E-state index in [9.17, 15) is 14.7 Å². The van der Waals surface area contributed by atoms with Gasteiger partial charge in [0.2, 0.25) is 0 Å². The number of hydrogen-bond donors (Lipinski definition) is 2. The maximum absolute atomic E-state index is 11.4. The highest BCUT2D eigenvalue weighted by Crippen LogP contribution is 2.19. The Hall–Kier alpha value is -2.30. The first-order chi connectivity index (χ1) is 9.69. The van der Waals surface area contributed by atoms with Gasteiger partial charge < -0.3 is 15.2 Å². The van der Waals surface area contributed by atoms with E-state index in [2.05, 4.69) is 5.32 Å². The van der Waals surface area contributed by atoms with Gasteiger partial charge in [-0.15, -0.1) is 0 Å². The van der Waals surface area contributed by atoms with Gasteiger partial charge >= 0.3 is 6.09 Å². The maximum Gasteiger partial charge on any atom is 0.407 e. The van der Waals surface area contributed by atoms with Gasteiger partial charge in [0.25, 0.3) is 0 Å². The largest absolute Gasteiger partial charge is 0.507 e. The molecule has 5 nitrogen and oxygen atoms in total. The SMILES string of the molecule is CC(=O)c1cc(C=CCNC(=O)OC(C)(C)C)ccc1O. The van der Waals surface area contributed by atoms with E-state index >= 15 is 0 Å². The summed E-state index contributed by atoms with van der Waals surface area (Å²) in [7, 11) is 0. The zero-order valence-corrected chi connectivity index (χ0v) is 12.8. The van der Waals surface area contributed by atoms with Crippen molar-refractivity contribution < 1.29 is 19.4 Å². The van der Waals surface area contributed by atoms with E-state index in [4.69, 9.17) is 4.74 Å². The first-order valence-electron chi connectivity index (χ1n) is 6.66. The predicted molar refractivity (Wildman–Crippen MR) is 81.4 cm³/mol. The molecule has 21 heavy (non-hydrogen) atoms. The number of phenolic OH excluding ortho intramolecular Hbond substituents is 1. The molecule has 5 heteroatoms. The van der Waals surface area contributed by atoms with E-state index < -0.39 is 11.7 Å². The lowest BCUT2D eigenvalue weighted by molar-refractivity contribution is 0.0534. The van der Waals surface area contributed by atoms with Crippen LogP contribution >= 0.6 is 0 Å². The minimum Gasteiger partial charge on any atom is -0.507 e. The van der Waals surface area contributed by atoms with Crippen LogP contribution in [0.3, 0.4) is 0 Å². The van der Waals surface area contributed by atoms with E-state index in [1.54, 1.807) is 45.1 Å². The Kier molecular flexibility index (Phi) is 5.52. The van der Waals surface area contributed by atoms with Crippen molar-refractivity contribution in [3.05, 3.63) is 35.4 Å². The number of aromatic hydroxyl groups is 1. The van der Waals surface area contributed by atoms with Gasteiger partial charge in [-0.1, -0.05) is 18.2 Å². The summed E-state index contributed by atoms with van der Waals surface area (Å²) < 4.78 is 5.09. The molecule has 1 rings (SSSR count). The van der Waals surface area contributed by atoms with E-state index in [0.29, 0.717) is 6.54 Å². The Morgan fingerprint density at radius 1 is 1.33 bits per heavy atom. The fourth-order valence-corrected chi connectivity index (χ4v) is 1.59. The van der Waals surface area contributed by atoms with E-state index in [-0.39, 0.29) is 17.1 Å². The molecule has 0 saturated carbocycles. The molecule has 1 amide bonds. The number of Topliss-reactive ketones (excluding diaryl/α,β-unsaturated/α-hetero) is 1. The summed E-state index contributed by atoms with van der Waals surface area (Å²) in [5, 5.41) is 12.1. The minimum absolute atomic E-state index is 0.0356. The molecule has 2 N–H and O–H groups in total. The number of rotatable bonds is 4. The van der Waals surface area contributed by atoms with Crippen LogP contribution in [-0.2, 0) is 4.74 Å². The molecule has 0 bridgehead atoms. The van der Waals surface area contributed by atoms with Crippen molar-refractivity contribution in [2.75, 3.05) is 6.54 Å². The molecule has 1 aromatic carbocycles. The monoisotopic (exact) mass is 291 g/mol. The van der Waals surface area contributed by atoms with Gasteiger partial charge in [0.15, 0.2) is 5.78 Å². The molecule has 0 aromatic heterocycles. The molecule has 0 aliphatic rings. The quantitative estimate of drug-likeness (QED) is 0.836. The van der Waals surface area contributed by atoms with Crippen LogP contribution in [0.5, 0.6) is 5.75 Å². The van der Waals surface area contributed by atoms with Gasteiger partial charge in [-0.05, 0) is 45.4 Å². The molecule has 0 heterocycles. The van der Waals surface area contributed by atoms with Gasteiger partial charge in [-0.25, -0.2) is 4.79 Å². The van der Waals surface area contributed by atoms with Gasteiger partial charge in [0, 0.05) is 6.54 Å². The molecule has 0 aliphatic heterocycles. The number of hydrogen-bond acceptors (Lipinski definition) is 4. The average molecular weight is 291 g/mol. The first kappa shape index (κ1) is 16.8. The smallest absolute Gasteiger partial charge is 0.407 e.